The third-order valence-electron chi connectivity index (χ3n) is 5.01. The molecule has 2 aliphatic heterocycles. The highest BCUT2D eigenvalue weighted by Gasteiger charge is 2.42. The van der Waals surface area contributed by atoms with E-state index < -0.39 is 11.9 Å². The number of aromatic nitrogens is 1. The second-order valence-corrected chi connectivity index (χ2v) is 6.59. The highest BCUT2D eigenvalue weighted by molar-refractivity contribution is 5.96. The van der Waals surface area contributed by atoms with Crippen LogP contribution in [0.3, 0.4) is 0 Å². The molecule has 3 amide bonds. The summed E-state index contributed by atoms with van der Waals surface area (Å²) in [5, 5.41) is 5.35. The van der Waals surface area contributed by atoms with Crippen LogP contribution in [0.5, 0.6) is 0 Å². The van der Waals surface area contributed by atoms with Crippen LogP contribution in [0.25, 0.3) is 0 Å². The molecule has 1 aromatic rings. The van der Waals surface area contributed by atoms with E-state index in [1.807, 2.05) is 13.8 Å². The number of carbonyl (C=O) groups is 3. The minimum atomic E-state index is -0.543. The summed E-state index contributed by atoms with van der Waals surface area (Å²) in [5.41, 5.74) is 1.51. The molecule has 2 fully saturated rings. The molecule has 0 aromatic carbocycles. The quantitative estimate of drug-likeness (QED) is 0.740. The normalized spacial score (nSPS) is 22.6. The number of rotatable bonds is 3. The van der Waals surface area contributed by atoms with Crippen molar-refractivity contribution in [2.75, 3.05) is 13.1 Å². The van der Waals surface area contributed by atoms with E-state index in [4.69, 9.17) is 0 Å². The first-order valence-corrected chi connectivity index (χ1v) is 8.41. The summed E-state index contributed by atoms with van der Waals surface area (Å²) in [7, 11) is 1.66. The van der Waals surface area contributed by atoms with Gasteiger partial charge in [0.2, 0.25) is 11.8 Å². The fourth-order valence-corrected chi connectivity index (χ4v) is 3.72. The van der Waals surface area contributed by atoms with Gasteiger partial charge in [0.15, 0.2) is 0 Å². The van der Waals surface area contributed by atoms with E-state index in [2.05, 4.69) is 10.6 Å². The van der Waals surface area contributed by atoms with E-state index in [-0.39, 0.29) is 42.1 Å². The van der Waals surface area contributed by atoms with E-state index in [0.717, 1.165) is 11.3 Å². The van der Waals surface area contributed by atoms with Crippen molar-refractivity contribution < 1.29 is 14.4 Å². The predicted octanol–water partition coefficient (Wildman–Crippen LogP) is -0.915. The lowest BCUT2D eigenvalue weighted by Crippen LogP contribution is -2.55. The zero-order valence-corrected chi connectivity index (χ0v) is 14.6. The smallest absolute Gasteiger partial charge is 0.263 e. The zero-order chi connectivity index (χ0) is 18.3. The maximum Gasteiger partial charge on any atom is 0.263 e. The molecular weight excluding hydrogens is 324 g/mol. The summed E-state index contributed by atoms with van der Waals surface area (Å²) >= 11 is 0. The zero-order valence-electron chi connectivity index (χ0n) is 14.6. The number of fused-ring (bicyclic) bond motifs is 1. The second kappa shape index (κ2) is 6.34. The van der Waals surface area contributed by atoms with Crippen LogP contribution in [0.4, 0.5) is 0 Å². The Bertz CT molecular complexity index is 790. The molecule has 2 aliphatic rings. The molecule has 8 nitrogen and oxygen atoms in total. The standard InChI is InChI=1S/C17H22N4O4/c1-4-12-9(2)5-11(17(25)20(12)3)15(23)19-10-6-13-16(24)18-7-14(22)21(13)8-10/h5,10,13H,4,6-8H2,1-3H3,(H,18,24)(H,19,23)/t10-,13+/m1/s1. The van der Waals surface area contributed by atoms with Gasteiger partial charge in [-0.3, -0.25) is 19.2 Å². The van der Waals surface area contributed by atoms with Crippen LogP contribution in [-0.4, -0.2) is 52.4 Å². The minimum Gasteiger partial charge on any atom is -0.347 e. The van der Waals surface area contributed by atoms with E-state index in [1.165, 1.54) is 9.47 Å². The number of nitrogens with one attached hydrogen (secondary N) is 2. The van der Waals surface area contributed by atoms with Gasteiger partial charge in [-0.1, -0.05) is 6.92 Å². The van der Waals surface area contributed by atoms with Gasteiger partial charge in [0.1, 0.15) is 11.6 Å². The van der Waals surface area contributed by atoms with Gasteiger partial charge in [0.25, 0.3) is 11.5 Å². The van der Waals surface area contributed by atoms with Gasteiger partial charge < -0.3 is 20.1 Å². The SMILES string of the molecule is CCc1c(C)cc(C(=O)N[C@@H]2C[C@H]3C(=O)NCC(=O)N3C2)c(=O)n1C. The number of carbonyl (C=O) groups excluding carboxylic acids is 3. The van der Waals surface area contributed by atoms with Crippen LogP contribution in [-0.2, 0) is 23.1 Å². The average Bonchev–Trinajstić information content (AvgIpc) is 3.00. The molecule has 8 heteroatoms. The first-order chi connectivity index (χ1) is 11.8. The molecule has 0 bridgehead atoms. The first-order valence-electron chi connectivity index (χ1n) is 8.41. The maximum absolute atomic E-state index is 12.6. The Balaban J connectivity index is 1.79. The van der Waals surface area contributed by atoms with Crippen molar-refractivity contribution in [3.63, 3.8) is 0 Å². The molecule has 25 heavy (non-hydrogen) atoms. The Morgan fingerprint density at radius 3 is 2.72 bits per heavy atom. The lowest BCUT2D eigenvalue weighted by atomic mass is 10.1. The number of amides is 3. The Hall–Kier alpha value is -2.64. The van der Waals surface area contributed by atoms with E-state index >= 15 is 0 Å². The number of aryl methyl sites for hydroxylation is 1. The Morgan fingerprint density at radius 1 is 1.36 bits per heavy atom. The highest BCUT2D eigenvalue weighted by atomic mass is 16.2. The van der Waals surface area contributed by atoms with Gasteiger partial charge in [0, 0.05) is 25.3 Å². The van der Waals surface area contributed by atoms with Crippen LogP contribution >= 0.6 is 0 Å². The summed E-state index contributed by atoms with van der Waals surface area (Å²) in [5.74, 6) is -0.820. The summed E-state index contributed by atoms with van der Waals surface area (Å²) in [6.45, 7) is 4.11. The van der Waals surface area contributed by atoms with Crippen molar-refractivity contribution in [2.45, 2.75) is 38.8 Å². The molecule has 2 atom stereocenters. The van der Waals surface area contributed by atoms with Crippen LogP contribution in [0, 0.1) is 6.92 Å². The largest absolute Gasteiger partial charge is 0.347 e. The van der Waals surface area contributed by atoms with E-state index in [1.54, 1.807) is 13.1 Å². The van der Waals surface area contributed by atoms with Crippen LogP contribution < -0.4 is 16.2 Å². The predicted molar refractivity (Wildman–Crippen MR) is 90.2 cm³/mol. The van der Waals surface area contributed by atoms with Gasteiger partial charge in [-0.25, -0.2) is 0 Å². The fourth-order valence-electron chi connectivity index (χ4n) is 3.72. The van der Waals surface area contributed by atoms with Gasteiger partial charge in [-0.15, -0.1) is 0 Å². The molecule has 0 radical (unpaired) electrons. The van der Waals surface area contributed by atoms with Crippen LogP contribution in [0.15, 0.2) is 10.9 Å². The monoisotopic (exact) mass is 346 g/mol. The Morgan fingerprint density at radius 2 is 2.08 bits per heavy atom. The van der Waals surface area contributed by atoms with Crippen molar-refractivity contribution in [1.82, 2.24) is 20.1 Å². The van der Waals surface area contributed by atoms with Gasteiger partial charge in [-0.05, 0) is 31.4 Å². The number of nitrogens with zero attached hydrogens (tertiary/aromatic N) is 2. The van der Waals surface area contributed by atoms with Crippen molar-refractivity contribution in [3.8, 4) is 0 Å². The third kappa shape index (κ3) is 2.92. The van der Waals surface area contributed by atoms with Crippen molar-refractivity contribution in [2.24, 2.45) is 7.05 Å². The van der Waals surface area contributed by atoms with E-state index in [9.17, 15) is 19.2 Å². The number of pyridine rings is 1. The minimum absolute atomic E-state index is 0.00574. The fraction of sp³-hybridized carbons (Fsp3) is 0.529. The second-order valence-electron chi connectivity index (χ2n) is 6.59. The van der Waals surface area contributed by atoms with E-state index in [0.29, 0.717) is 12.8 Å². The topological polar surface area (TPSA) is 101 Å². The summed E-state index contributed by atoms with van der Waals surface area (Å²) < 4.78 is 1.50. The molecule has 0 aliphatic carbocycles. The Kier molecular flexibility index (Phi) is 4.36. The number of piperazine rings is 1. The molecule has 134 valence electrons. The summed E-state index contributed by atoms with van der Waals surface area (Å²) in [6.07, 6.45) is 1.06. The summed E-state index contributed by atoms with van der Waals surface area (Å²) in [6, 6.07) is 0.719. The molecule has 0 saturated carbocycles. The van der Waals surface area contributed by atoms with Crippen LogP contribution in [0.1, 0.15) is 35.0 Å². The lowest BCUT2D eigenvalue weighted by molar-refractivity contribution is -0.143. The summed E-state index contributed by atoms with van der Waals surface area (Å²) in [4.78, 5) is 50.3. The van der Waals surface area contributed by atoms with Crippen molar-refractivity contribution >= 4 is 17.7 Å². The molecule has 2 N–H and O–H groups in total. The first kappa shape index (κ1) is 17.2. The average molecular weight is 346 g/mol. The molecule has 2 saturated heterocycles. The van der Waals surface area contributed by atoms with Gasteiger partial charge in [-0.2, -0.15) is 0 Å². The number of hydrogen-bond donors (Lipinski definition) is 2. The molecule has 1 aromatic heterocycles. The highest BCUT2D eigenvalue weighted by Crippen LogP contribution is 2.21. The molecule has 0 unspecified atom stereocenters. The molecule has 0 spiro atoms. The maximum atomic E-state index is 12.6. The molecular formula is C17H22N4O4. The van der Waals surface area contributed by atoms with Gasteiger partial charge >= 0.3 is 0 Å². The third-order valence-corrected chi connectivity index (χ3v) is 5.01. The lowest BCUT2D eigenvalue weighted by Gasteiger charge is -2.28. The van der Waals surface area contributed by atoms with Crippen LogP contribution in [0.2, 0.25) is 0 Å². The van der Waals surface area contributed by atoms with Gasteiger partial charge in [0.05, 0.1) is 6.54 Å². The molecule has 3 heterocycles. The number of hydrogen-bond acceptors (Lipinski definition) is 4. The molecule has 3 rings (SSSR count). The Labute approximate surface area is 145 Å². The van der Waals surface area contributed by atoms with Crippen molar-refractivity contribution in [1.29, 1.82) is 0 Å². The van der Waals surface area contributed by atoms with Crippen molar-refractivity contribution in [3.05, 3.63) is 33.2 Å².